The number of alkyl carbamates (subject to hydrolysis) is 1. The van der Waals surface area contributed by atoms with Gasteiger partial charge >= 0.3 is 12.1 Å². The van der Waals surface area contributed by atoms with Crippen molar-refractivity contribution in [1.82, 2.24) is 25.5 Å². The van der Waals surface area contributed by atoms with Gasteiger partial charge in [0.1, 0.15) is 41.3 Å². The first-order chi connectivity index (χ1) is 26.4. The zero-order valence-corrected chi connectivity index (χ0v) is 34.4. The second-order valence-electron chi connectivity index (χ2n) is 16.9. The molecule has 2 aliphatic carbocycles. The Labute approximate surface area is 332 Å². The number of aromatic nitrogens is 2. The molecule has 3 amide bonds. The average molecular weight is 790 g/mol. The van der Waals surface area contributed by atoms with Crippen LogP contribution in [0.4, 0.5) is 15.6 Å². The van der Waals surface area contributed by atoms with Gasteiger partial charge in [-0.1, -0.05) is 26.8 Å². The SMILES string of the molecule is C=CC1CC1(NC(=O)C1CC(Oc2cc(-c3csc(NC(C)C)n3)nc3c(C)c(N(C)C)ccc23)CN1C(=O)C(NC(=O)OC1CCCC1)C(C)(C)C)C(=O)O. The number of hydrogen-bond donors (Lipinski definition) is 4. The molecule has 15 heteroatoms. The van der Waals surface area contributed by atoms with Crippen molar-refractivity contribution in [2.45, 2.75) is 116 Å². The number of fused-ring (bicyclic) bond motifs is 1. The van der Waals surface area contributed by atoms with Crippen LogP contribution in [0.3, 0.4) is 0 Å². The number of anilines is 2. The molecule has 6 rings (SSSR count). The molecule has 56 heavy (non-hydrogen) atoms. The maximum absolute atomic E-state index is 14.6. The van der Waals surface area contributed by atoms with Crippen LogP contribution in [-0.4, -0.2) is 100 Å². The van der Waals surface area contributed by atoms with E-state index < -0.39 is 58.9 Å². The Bertz CT molecular complexity index is 2000. The van der Waals surface area contributed by atoms with Gasteiger partial charge in [-0.15, -0.1) is 17.9 Å². The highest BCUT2D eigenvalue weighted by molar-refractivity contribution is 7.14. The highest BCUT2D eigenvalue weighted by Gasteiger charge is 2.61. The quantitative estimate of drug-likeness (QED) is 0.147. The monoisotopic (exact) mass is 789 g/mol. The van der Waals surface area contributed by atoms with Crippen LogP contribution < -0.4 is 25.6 Å². The number of aliphatic carboxylic acids is 1. The Morgan fingerprint density at radius 1 is 1.11 bits per heavy atom. The number of nitrogens with zero attached hydrogens (tertiary/aromatic N) is 4. The highest BCUT2D eigenvalue weighted by Crippen LogP contribution is 2.45. The minimum atomic E-state index is -1.51. The number of likely N-dealkylation sites (tertiary alicyclic amines) is 1. The number of ether oxygens (including phenoxy) is 2. The second-order valence-corrected chi connectivity index (χ2v) is 17.8. The van der Waals surface area contributed by atoms with Gasteiger partial charge in [0.25, 0.3) is 0 Å². The molecular weight excluding hydrogens is 735 g/mol. The normalized spacial score (nSPS) is 22.8. The summed E-state index contributed by atoms with van der Waals surface area (Å²) in [6.45, 7) is 15.3. The summed E-state index contributed by atoms with van der Waals surface area (Å²) in [4.78, 5) is 67.7. The third kappa shape index (κ3) is 8.42. The molecule has 14 nitrogen and oxygen atoms in total. The number of hydrogen-bond acceptors (Lipinski definition) is 11. The number of benzene rings is 1. The molecule has 1 aliphatic heterocycles. The van der Waals surface area contributed by atoms with Crippen molar-refractivity contribution in [3.63, 3.8) is 0 Å². The number of thiazole rings is 1. The first-order valence-corrected chi connectivity index (χ1v) is 20.3. The Morgan fingerprint density at radius 2 is 1.82 bits per heavy atom. The Balaban J connectivity index is 1.35. The van der Waals surface area contributed by atoms with E-state index in [1.807, 2.05) is 84.1 Å². The molecule has 2 aromatic heterocycles. The Morgan fingerprint density at radius 3 is 2.43 bits per heavy atom. The molecule has 3 heterocycles. The smallest absolute Gasteiger partial charge is 0.408 e. The highest BCUT2D eigenvalue weighted by atomic mass is 32.1. The number of amides is 3. The fourth-order valence-corrected chi connectivity index (χ4v) is 8.65. The van der Waals surface area contributed by atoms with Crippen molar-refractivity contribution in [1.29, 1.82) is 0 Å². The third-order valence-corrected chi connectivity index (χ3v) is 11.7. The van der Waals surface area contributed by atoms with Gasteiger partial charge < -0.3 is 40.3 Å². The predicted molar refractivity (Wildman–Crippen MR) is 217 cm³/mol. The molecule has 0 spiro atoms. The molecule has 3 fully saturated rings. The summed E-state index contributed by atoms with van der Waals surface area (Å²) in [5.41, 5.74) is 1.65. The molecule has 1 aromatic carbocycles. The summed E-state index contributed by atoms with van der Waals surface area (Å²) in [7, 11) is 3.94. The van der Waals surface area contributed by atoms with Crippen LogP contribution >= 0.6 is 11.3 Å². The lowest BCUT2D eigenvalue weighted by Crippen LogP contribution is -2.59. The largest absolute Gasteiger partial charge is 0.488 e. The molecular formula is C41H55N7O7S. The fraction of sp³-hybridized carbons (Fsp3) is 0.561. The number of carbonyl (C=O) groups excluding carboxylic acids is 3. The summed E-state index contributed by atoms with van der Waals surface area (Å²) < 4.78 is 12.5. The molecule has 0 bridgehead atoms. The van der Waals surface area contributed by atoms with Crippen LogP contribution in [0.25, 0.3) is 22.3 Å². The number of carbonyl (C=O) groups is 4. The van der Waals surface area contributed by atoms with Crippen LogP contribution in [0.2, 0.25) is 0 Å². The Kier molecular flexibility index (Phi) is 11.6. The van der Waals surface area contributed by atoms with Crippen LogP contribution in [0.5, 0.6) is 5.75 Å². The van der Waals surface area contributed by atoms with Gasteiger partial charge in [0.15, 0.2) is 5.13 Å². The molecule has 3 aliphatic rings. The van der Waals surface area contributed by atoms with Gasteiger partial charge in [-0.05, 0) is 76.0 Å². The van der Waals surface area contributed by atoms with Crippen LogP contribution in [-0.2, 0) is 19.1 Å². The minimum Gasteiger partial charge on any atom is -0.488 e. The van der Waals surface area contributed by atoms with E-state index in [-0.39, 0.29) is 31.5 Å². The first-order valence-electron chi connectivity index (χ1n) is 19.4. The van der Waals surface area contributed by atoms with E-state index in [9.17, 15) is 24.3 Å². The molecule has 302 valence electrons. The summed E-state index contributed by atoms with van der Waals surface area (Å²) in [5.74, 6) is -2.22. The number of rotatable bonds is 13. The van der Waals surface area contributed by atoms with E-state index in [0.29, 0.717) is 17.1 Å². The van der Waals surface area contributed by atoms with Gasteiger partial charge in [-0.25, -0.2) is 19.6 Å². The molecule has 5 unspecified atom stereocenters. The number of carboxylic acids is 1. The van der Waals surface area contributed by atoms with E-state index >= 15 is 0 Å². The number of pyridine rings is 1. The lowest BCUT2D eigenvalue weighted by atomic mass is 9.85. The fourth-order valence-electron chi connectivity index (χ4n) is 7.80. The van der Waals surface area contributed by atoms with Crippen molar-refractivity contribution < 1.29 is 33.8 Å². The predicted octanol–water partition coefficient (Wildman–Crippen LogP) is 6.13. The van der Waals surface area contributed by atoms with Gasteiger partial charge in [0.05, 0.1) is 17.8 Å². The molecule has 4 N–H and O–H groups in total. The average Bonchev–Trinajstić information content (AvgIpc) is 3.53. The van der Waals surface area contributed by atoms with Gasteiger partial charge in [0, 0.05) is 55.0 Å². The standard InChI is InChI=1S/C41H55N7O7S/c1-10-24-19-41(24,37(51)52)46-35(49)31-17-26(20-48(31)36(50)34(40(5,6)7)45-39(53)55-25-13-11-12-14-25)54-32-18-28(29-21-56-38(44-29)42-22(2)3)43-33-23(4)30(47(8)9)16-15-27(32)33/h10,15-16,18,21-22,24-26,31,34H,1,11-14,17,19-20H2,2-9H3,(H,42,44)(H,45,53)(H,46,49)(H,51,52). The second kappa shape index (κ2) is 15.9. The summed E-state index contributed by atoms with van der Waals surface area (Å²) in [6, 6.07) is 3.83. The number of nitrogens with one attached hydrogen (secondary N) is 3. The van der Waals surface area contributed by atoms with Gasteiger partial charge in [-0.2, -0.15) is 0 Å². The number of carboxylic acid groups (broad SMARTS) is 1. The Hall–Kier alpha value is -4.92. The van der Waals surface area contributed by atoms with Gasteiger partial charge in [0.2, 0.25) is 11.8 Å². The van der Waals surface area contributed by atoms with Crippen LogP contribution in [0, 0.1) is 18.3 Å². The summed E-state index contributed by atoms with van der Waals surface area (Å²) in [5, 5.41) is 22.5. The molecule has 0 radical (unpaired) electrons. The maximum Gasteiger partial charge on any atom is 0.408 e. The van der Waals surface area contributed by atoms with Crippen molar-refractivity contribution in [3.8, 4) is 17.1 Å². The van der Waals surface area contributed by atoms with E-state index in [2.05, 4.69) is 22.5 Å². The van der Waals surface area contributed by atoms with Crippen molar-refractivity contribution in [2.75, 3.05) is 30.9 Å². The lowest BCUT2D eigenvalue weighted by Gasteiger charge is -2.35. The number of aryl methyl sites for hydroxylation is 1. The lowest BCUT2D eigenvalue weighted by molar-refractivity contribution is -0.146. The van der Waals surface area contributed by atoms with Crippen molar-refractivity contribution >= 4 is 56.9 Å². The summed E-state index contributed by atoms with van der Waals surface area (Å²) >= 11 is 1.48. The molecule has 5 atom stereocenters. The van der Waals surface area contributed by atoms with Crippen LogP contribution in [0.1, 0.15) is 78.7 Å². The zero-order valence-electron chi connectivity index (χ0n) is 33.6. The zero-order chi connectivity index (χ0) is 40.7. The van der Waals surface area contributed by atoms with E-state index in [1.165, 1.54) is 22.3 Å². The third-order valence-electron chi connectivity index (χ3n) is 10.9. The summed E-state index contributed by atoms with van der Waals surface area (Å²) in [6.07, 6.45) is 3.69. The van der Waals surface area contributed by atoms with Crippen molar-refractivity contribution in [3.05, 3.63) is 41.8 Å². The molecule has 1 saturated heterocycles. The first kappa shape index (κ1) is 40.7. The maximum atomic E-state index is 14.6. The van der Waals surface area contributed by atoms with E-state index in [4.69, 9.17) is 19.4 Å². The topological polar surface area (TPSA) is 175 Å². The minimum absolute atomic E-state index is 0.000875. The van der Waals surface area contributed by atoms with Gasteiger partial charge in [-0.3, -0.25) is 9.59 Å². The van der Waals surface area contributed by atoms with Crippen LogP contribution in [0.15, 0.2) is 36.2 Å². The molecule has 2 saturated carbocycles. The van der Waals surface area contributed by atoms with Crippen molar-refractivity contribution in [2.24, 2.45) is 11.3 Å². The van der Waals surface area contributed by atoms with E-state index in [1.54, 1.807) is 0 Å². The molecule has 3 aromatic rings. The van der Waals surface area contributed by atoms with E-state index in [0.717, 1.165) is 53.0 Å².